The highest BCUT2D eigenvalue weighted by molar-refractivity contribution is 9.10. The van der Waals surface area contributed by atoms with Gasteiger partial charge < -0.3 is 15.8 Å². The molecular weight excluding hydrogens is 296 g/mol. The lowest BCUT2D eigenvalue weighted by Crippen LogP contribution is -2.02. The topological polar surface area (TPSA) is 73.1 Å². The van der Waals surface area contributed by atoms with E-state index in [-0.39, 0.29) is 5.95 Å². The molecule has 0 unspecified atom stereocenters. The van der Waals surface area contributed by atoms with E-state index < -0.39 is 0 Å². The molecule has 1 heterocycles. The van der Waals surface area contributed by atoms with Gasteiger partial charge in [0.1, 0.15) is 11.6 Å². The molecule has 0 aliphatic heterocycles. The molecule has 94 valence electrons. The van der Waals surface area contributed by atoms with E-state index in [4.69, 9.17) is 10.5 Å². The molecule has 0 bridgehead atoms. The molecule has 0 fully saturated rings. The van der Waals surface area contributed by atoms with Crippen molar-refractivity contribution >= 4 is 33.4 Å². The van der Waals surface area contributed by atoms with E-state index in [1.807, 2.05) is 31.2 Å². The summed E-state index contributed by atoms with van der Waals surface area (Å²) in [6.07, 6.45) is 0. The number of nitrogens with one attached hydrogen (secondary N) is 1. The smallest absolute Gasteiger partial charge is 0.222 e. The number of halogens is 1. The number of rotatable bonds is 3. The average molecular weight is 309 g/mol. The van der Waals surface area contributed by atoms with E-state index >= 15 is 0 Å². The molecule has 0 aliphatic carbocycles. The van der Waals surface area contributed by atoms with Gasteiger partial charge in [0.25, 0.3) is 0 Å². The third-order valence-electron chi connectivity index (χ3n) is 2.30. The number of hydrogen-bond acceptors (Lipinski definition) is 5. The van der Waals surface area contributed by atoms with Crippen molar-refractivity contribution in [2.24, 2.45) is 0 Å². The highest BCUT2D eigenvalue weighted by Crippen LogP contribution is 2.30. The lowest BCUT2D eigenvalue weighted by molar-refractivity contribution is 0.416. The third kappa shape index (κ3) is 2.89. The van der Waals surface area contributed by atoms with Gasteiger partial charge in [0, 0.05) is 16.2 Å². The minimum Gasteiger partial charge on any atom is -0.495 e. The van der Waals surface area contributed by atoms with Crippen LogP contribution in [0.25, 0.3) is 0 Å². The number of aryl methyl sites for hydroxylation is 1. The van der Waals surface area contributed by atoms with Crippen molar-refractivity contribution < 1.29 is 4.74 Å². The van der Waals surface area contributed by atoms with Gasteiger partial charge in [-0.1, -0.05) is 15.9 Å². The minimum absolute atomic E-state index is 0.242. The molecule has 5 nitrogen and oxygen atoms in total. The number of methoxy groups -OCH3 is 1. The first-order valence-electron chi connectivity index (χ1n) is 5.30. The standard InChI is InChI=1S/C12H13BrN4O/c1-7-5-11(17-12(14)15-7)16-9-6-8(13)3-4-10(9)18-2/h3-6H,1-2H3,(H3,14,15,16,17). The molecule has 0 aliphatic rings. The van der Waals surface area contributed by atoms with E-state index in [0.29, 0.717) is 5.82 Å². The molecule has 2 aromatic rings. The summed E-state index contributed by atoms with van der Waals surface area (Å²) in [6.45, 7) is 1.86. The molecule has 0 saturated heterocycles. The summed E-state index contributed by atoms with van der Waals surface area (Å²) in [6, 6.07) is 7.50. The molecule has 0 saturated carbocycles. The number of ether oxygens (including phenoxy) is 1. The fourth-order valence-electron chi connectivity index (χ4n) is 1.57. The number of hydrogen-bond donors (Lipinski definition) is 2. The van der Waals surface area contributed by atoms with Gasteiger partial charge in [-0.3, -0.25) is 0 Å². The van der Waals surface area contributed by atoms with Crippen LogP contribution in [0, 0.1) is 6.92 Å². The number of nitrogens with two attached hydrogens (primary N) is 1. The maximum Gasteiger partial charge on any atom is 0.222 e. The number of anilines is 3. The first-order valence-corrected chi connectivity index (χ1v) is 6.09. The third-order valence-corrected chi connectivity index (χ3v) is 2.79. The molecule has 1 aromatic heterocycles. The van der Waals surface area contributed by atoms with Crippen LogP contribution < -0.4 is 15.8 Å². The van der Waals surface area contributed by atoms with Crippen molar-refractivity contribution in [3.63, 3.8) is 0 Å². The molecule has 18 heavy (non-hydrogen) atoms. The van der Waals surface area contributed by atoms with Gasteiger partial charge in [0.2, 0.25) is 5.95 Å². The zero-order valence-corrected chi connectivity index (χ0v) is 11.7. The Kier molecular flexibility index (Phi) is 3.66. The first kappa shape index (κ1) is 12.6. The number of benzene rings is 1. The molecule has 1 aromatic carbocycles. The summed E-state index contributed by atoms with van der Waals surface area (Å²) in [5.74, 6) is 1.61. The van der Waals surface area contributed by atoms with E-state index in [1.54, 1.807) is 7.11 Å². The molecular formula is C12H13BrN4O. The lowest BCUT2D eigenvalue weighted by Gasteiger charge is -2.11. The Morgan fingerprint density at radius 3 is 2.72 bits per heavy atom. The van der Waals surface area contributed by atoms with Crippen LogP contribution in [0.15, 0.2) is 28.7 Å². The van der Waals surface area contributed by atoms with E-state index in [9.17, 15) is 0 Å². The monoisotopic (exact) mass is 308 g/mol. The second-order valence-corrected chi connectivity index (χ2v) is 4.64. The Morgan fingerprint density at radius 1 is 1.28 bits per heavy atom. The highest BCUT2D eigenvalue weighted by atomic mass is 79.9. The van der Waals surface area contributed by atoms with Crippen LogP contribution in [0.3, 0.4) is 0 Å². The van der Waals surface area contributed by atoms with Gasteiger partial charge >= 0.3 is 0 Å². The van der Waals surface area contributed by atoms with Crippen molar-refractivity contribution in [1.82, 2.24) is 9.97 Å². The van der Waals surface area contributed by atoms with Gasteiger partial charge in [-0.25, -0.2) is 4.98 Å². The van der Waals surface area contributed by atoms with E-state index in [1.165, 1.54) is 0 Å². The van der Waals surface area contributed by atoms with Crippen LogP contribution in [0.4, 0.5) is 17.5 Å². The molecule has 6 heteroatoms. The van der Waals surface area contributed by atoms with Crippen LogP contribution in [-0.4, -0.2) is 17.1 Å². The van der Waals surface area contributed by atoms with Crippen molar-refractivity contribution in [2.75, 3.05) is 18.2 Å². The molecule has 0 spiro atoms. The van der Waals surface area contributed by atoms with Crippen molar-refractivity contribution in [2.45, 2.75) is 6.92 Å². The van der Waals surface area contributed by atoms with Crippen LogP contribution in [0.2, 0.25) is 0 Å². The average Bonchev–Trinajstić information content (AvgIpc) is 2.27. The van der Waals surface area contributed by atoms with E-state index in [2.05, 4.69) is 31.2 Å². The SMILES string of the molecule is COc1ccc(Br)cc1Nc1cc(C)nc(N)n1. The highest BCUT2D eigenvalue weighted by Gasteiger charge is 2.06. The number of aromatic nitrogens is 2. The quantitative estimate of drug-likeness (QED) is 0.912. The summed E-state index contributed by atoms with van der Waals surface area (Å²) >= 11 is 3.41. The number of nitrogens with zero attached hydrogens (tertiary/aromatic N) is 2. The molecule has 2 rings (SSSR count). The molecule has 0 radical (unpaired) electrons. The minimum atomic E-state index is 0.242. The fraction of sp³-hybridized carbons (Fsp3) is 0.167. The maximum atomic E-state index is 5.61. The first-order chi connectivity index (χ1) is 8.58. The predicted octanol–water partition coefficient (Wildman–Crippen LogP) is 2.88. The summed E-state index contributed by atoms with van der Waals surface area (Å²) in [4.78, 5) is 8.14. The zero-order chi connectivity index (χ0) is 13.1. The summed E-state index contributed by atoms with van der Waals surface area (Å²) in [5.41, 5.74) is 7.23. The van der Waals surface area contributed by atoms with Gasteiger partial charge in [-0.2, -0.15) is 4.98 Å². The van der Waals surface area contributed by atoms with Crippen LogP contribution in [-0.2, 0) is 0 Å². The van der Waals surface area contributed by atoms with Crippen LogP contribution in [0.5, 0.6) is 5.75 Å². The fourth-order valence-corrected chi connectivity index (χ4v) is 1.93. The van der Waals surface area contributed by atoms with Gasteiger partial charge in [-0.15, -0.1) is 0 Å². The normalized spacial score (nSPS) is 10.2. The lowest BCUT2D eigenvalue weighted by atomic mass is 10.3. The molecule has 0 amide bonds. The second kappa shape index (κ2) is 5.22. The summed E-state index contributed by atoms with van der Waals surface area (Å²) < 4.78 is 6.22. The second-order valence-electron chi connectivity index (χ2n) is 3.72. The Hall–Kier alpha value is -1.82. The van der Waals surface area contributed by atoms with Crippen molar-refractivity contribution in [1.29, 1.82) is 0 Å². The van der Waals surface area contributed by atoms with E-state index in [0.717, 1.165) is 21.6 Å². The summed E-state index contributed by atoms with van der Waals surface area (Å²) in [5, 5.41) is 3.16. The Bertz CT molecular complexity index is 554. The largest absolute Gasteiger partial charge is 0.495 e. The Morgan fingerprint density at radius 2 is 2.06 bits per heavy atom. The predicted molar refractivity (Wildman–Crippen MR) is 75.2 cm³/mol. The Balaban J connectivity index is 2.35. The number of nitrogen functional groups attached to an aromatic ring is 1. The Labute approximate surface area is 114 Å². The zero-order valence-electron chi connectivity index (χ0n) is 10.1. The van der Waals surface area contributed by atoms with Gasteiger partial charge in [0.05, 0.1) is 12.8 Å². The van der Waals surface area contributed by atoms with Gasteiger partial charge in [0.15, 0.2) is 0 Å². The summed E-state index contributed by atoms with van der Waals surface area (Å²) in [7, 11) is 1.62. The van der Waals surface area contributed by atoms with Crippen molar-refractivity contribution in [3.8, 4) is 5.75 Å². The molecule has 0 atom stereocenters. The maximum absolute atomic E-state index is 5.61. The van der Waals surface area contributed by atoms with Crippen molar-refractivity contribution in [3.05, 3.63) is 34.4 Å². The molecule has 3 N–H and O–H groups in total. The van der Waals surface area contributed by atoms with Gasteiger partial charge in [-0.05, 0) is 25.1 Å². The van der Waals surface area contributed by atoms with Crippen LogP contribution >= 0.6 is 15.9 Å². The van der Waals surface area contributed by atoms with Crippen LogP contribution in [0.1, 0.15) is 5.69 Å².